The molecule has 2 unspecified atom stereocenters. The molecule has 0 heterocycles. The molecule has 0 bridgehead atoms. The predicted molar refractivity (Wildman–Crippen MR) is 86.7 cm³/mol. The first-order valence-corrected chi connectivity index (χ1v) is 8.26. The lowest BCUT2D eigenvalue weighted by Gasteiger charge is -2.29. The maximum atomic E-state index is 11.7. The highest BCUT2D eigenvalue weighted by Gasteiger charge is 2.20. The van der Waals surface area contributed by atoms with Crippen LogP contribution in [-0.4, -0.2) is 18.6 Å². The second-order valence-corrected chi connectivity index (χ2v) is 6.00. The lowest BCUT2D eigenvalue weighted by atomic mass is 9.84. The van der Waals surface area contributed by atoms with E-state index >= 15 is 0 Å². The molecule has 116 valence electrons. The molecule has 1 aromatic carbocycles. The van der Waals surface area contributed by atoms with Crippen LogP contribution in [0.15, 0.2) is 24.3 Å². The Bertz CT molecular complexity index is 441. The Labute approximate surface area is 128 Å². The van der Waals surface area contributed by atoms with E-state index in [1.54, 1.807) is 0 Å². The fourth-order valence-corrected chi connectivity index (χ4v) is 3.01. The number of esters is 1. The van der Waals surface area contributed by atoms with Gasteiger partial charge in [-0.25, -0.2) is 4.79 Å². The first kappa shape index (κ1) is 15.9. The van der Waals surface area contributed by atoms with Gasteiger partial charge in [0.25, 0.3) is 0 Å². The van der Waals surface area contributed by atoms with Crippen molar-refractivity contribution in [3.05, 3.63) is 29.8 Å². The van der Waals surface area contributed by atoms with Gasteiger partial charge in [-0.15, -0.1) is 0 Å². The quantitative estimate of drug-likeness (QED) is 0.776. The molecule has 0 saturated heterocycles. The third-order valence-electron chi connectivity index (χ3n) is 4.29. The van der Waals surface area contributed by atoms with Crippen molar-refractivity contribution in [1.82, 2.24) is 0 Å². The van der Waals surface area contributed by atoms with Crippen LogP contribution in [0.25, 0.3) is 0 Å². The molecule has 2 atom stereocenters. The Hall–Kier alpha value is -1.51. The average molecular weight is 289 g/mol. The number of benzene rings is 1. The second kappa shape index (κ2) is 8.06. The number of rotatable bonds is 6. The normalized spacial score (nSPS) is 21.8. The molecule has 0 spiro atoms. The molecule has 1 aromatic rings. The van der Waals surface area contributed by atoms with Crippen molar-refractivity contribution in [2.75, 3.05) is 11.9 Å². The second-order valence-electron chi connectivity index (χ2n) is 6.00. The van der Waals surface area contributed by atoms with Crippen LogP contribution in [0.4, 0.5) is 5.69 Å². The van der Waals surface area contributed by atoms with Crippen molar-refractivity contribution >= 4 is 11.7 Å². The third-order valence-corrected chi connectivity index (χ3v) is 4.29. The molecule has 3 nitrogen and oxygen atoms in total. The van der Waals surface area contributed by atoms with Gasteiger partial charge >= 0.3 is 5.97 Å². The number of ether oxygens (including phenoxy) is 1. The minimum Gasteiger partial charge on any atom is -0.462 e. The van der Waals surface area contributed by atoms with Gasteiger partial charge in [0.05, 0.1) is 12.2 Å². The predicted octanol–water partition coefficient (Wildman–Crippen LogP) is 4.63. The van der Waals surface area contributed by atoms with Crippen LogP contribution in [0.1, 0.15) is 62.7 Å². The SMILES string of the molecule is CCCOC(=O)c1ccc(NC2CCCC(CC)C2)cc1. The van der Waals surface area contributed by atoms with E-state index in [9.17, 15) is 4.79 Å². The van der Waals surface area contributed by atoms with Crippen LogP contribution >= 0.6 is 0 Å². The van der Waals surface area contributed by atoms with Crippen molar-refractivity contribution in [1.29, 1.82) is 0 Å². The van der Waals surface area contributed by atoms with Gasteiger partial charge in [-0.1, -0.05) is 33.1 Å². The van der Waals surface area contributed by atoms with Crippen LogP contribution in [0.5, 0.6) is 0 Å². The van der Waals surface area contributed by atoms with E-state index in [-0.39, 0.29) is 5.97 Å². The number of nitrogens with one attached hydrogen (secondary N) is 1. The fraction of sp³-hybridized carbons (Fsp3) is 0.611. The van der Waals surface area contributed by atoms with Crippen molar-refractivity contribution in [2.45, 2.75) is 58.4 Å². The van der Waals surface area contributed by atoms with Gasteiger partial charge in [-0.2, -0.15) is 0 Å². The summed E-state index contributed by atoms with van der Waals surface area (Å²) in [5, 5.41) is 3.60. The smallest absolute Gasteiger partial charge is 0.338 e. The molecule has 21 heavy (non-hydrogen) atoms. The van der Waals surface area contributed by atoms with E-state index in [0.29, 0.717) is 18.2 Å². The number of carbonyl (C=O) groups excluding carboxylic acids is 1. The van der Waals surface area contributed by atoms with Gasteiger partial charge in [0.15, 0.2) is 0 Å². The van der Waals surface area contributed by atoms with E-state index in [1.807, 2.05) is 31.2 Å². The van der Waals surface area contributed by atoms with Crippen molar-refractivity contribution in [2.24, 2.45) is 5.92 Å². The summed E-state index contributed by atoms with van der Waals surface area (Å²) in [6, 6.07) is 8.23. The van der Waals surface area contributed by atoms with Crippen LogP contribution in [0.3, 0.4) is 0 Å². The highest BCUT2D eigenvalue weighted by atomic mass is 16.5. The van der Waals surface area contributed by atoms with Crippen LogP contribution in [0.2, 0.25) is 0 Å². The highest BCUT2D eigenvalue weighted by molar-refractivity contribution is 5.89. The molecule has 1 N–H and O–H groups in total. The van der Waals surface area contributed by atoms with Crippen LogP contribution in [0, 0.1) is 5.92 Å². The van der Waals surface area contributed by atoms with E-state index in [1.165, 1.54) is 32.1 Å². The summed E-state index contributed by atoms with van der Waals surface area (Å²) < 4.78 is 5.14. The van der Waals surface area contributed by atoms with E-state index in [2.05, 4.69) is 12.2 Å². The molecule has 0 aromatic heterocycles. The monoisotopic (exact) mass is 289 g/mol. The average Bonchev–Trinajstić information content (AvgIpc) is 2.53. The highest BCUT2D eigenvalue weighted by Crippen LogP contribution is 2.28. The van der Waals surface area contributed by atoms with Crippen LogP contribution in [-0.2, 0) is 4.74 Å². The molecule has 1 saturated carbocycles. The Kier molecular flexibility index (Phi) is 6.09. The summed E-state index contributed by atoms with van der Waals surface area (Å²) >= 11 is 0. The third kappa shape index (κ3) is 4.76. The minimum absolute atomic E-state index is 0.230. The zero-order valence-corrected chi connectivity index (χ0v) is 13.2. The summed E-state index contributed by atoms with van der Waals surface area (Å²) in [7, 11) is 0. The zero-order chi connectivity index (χ0) is 15.1. The first-order chi connectivity index (χ1) is 10.2. The van der Waals surface area contributed by atoms with Gasteiger partial charge in [0, 0.05) is 11.7 Å². The maximum Gasteiger partial charge on any atom is 0.338 e. The van der Waals surface area contributed by atoms with Gasteiger partial charge in [0.1, 0.15) is 0 Å². The van der Waals surface area contributed by atoms with Gasteiger partial charge < -0.3 is 10.1 Å². The van der Waals surface area contributed by atoms with Crippen molar-refractivity contribution in [3.8, 4) is 0 Å². The molecule has 0 amide bonds. The largest absolute Gasteiger partial charge is 0.462 e. The zero-order valence-electron chi connectivity index (χ0n) is 13.2. The van der Waals surface area contributed by atoms with Crippen molar-refractivity contribution < 1.29 is 9.53 Å². The van der Waals surface area contributed by atoms with Crippen molar-refractivity contribution in [3.63, 3.8) is 0 Å². The topological polar surface area (TPSA) is 38.3 Å². The molecule has 3 heteroatoms. The fourth-order valence-electron chi connectivity index (χ4n) is 3.01. The standard InChI is InChI=1S/C18H27NO2/c1-3-12-21-18(20)15-8-10-16(11-9-15)19-17-7-5-6-14(4-2)13-17/h8-11,14,17,19H,3-7,12-13H2,1-2H3. The first-order valence-electron chi connectivity index (χ1n) is 8.26. The maximum absolute atomic E-state index is 11.7. The Morgan fingerprint density at radius 1 is 1.24 bits per heavy atom. The summed E-state index contributed by atoms with van der Waals surface area (Å²) in [6.07, 6.45) is 7.33. The molecule has 0 radical (unpaired) electrons. The lowest BCUT2D eigenvalue weighted by Crippen LogP contribution is -2.27. The Balaban J connectivity index is 1.88. The summed E-state index contributed by atoms with van der Waals surface area (Å²) in [5.41, 5.74) is 1.73. The van der Waals surface area contributed by atoms with Gasteiger partial charge in [0.2, 0.25) is 0 Å². The number of anilines is 1. The molecule has 0 aliphatic heterocycles. The van der Waals surface area contributed by atoms with E-state index in [0.717, 1.165) is 18.0 Å². The summed E-state index contributed by atoms with van der Waals surface area (Å²) in [4.78, 5) is 11.7. The molecule has 1 fully saturated rings. The number of hydrogen-bond acceptors (Lipinski definition) is 3. The lowest BCUT2D eigenvalue weighted by molar-refractivity contribution is 0.0505. The summed E-state index contributed by atoms with van der Waals surface area (Å²) in [5.74, 6) is 0.631. The number of carbonyl (C=O) groups is 1. The van der Waals surface area contributed by atoms with E-state index < -0.39 is 0 Å². The van der Waals surface area contributed by atoms with Crippen LogP contribution < -0.4 is 5.32 Å². The van der Waals surface area contributed by atoms with Gasteiger partial charge in [-0.3, -0.25) is 0 Å². The molecule has 1 aliphatic rings. The number of hydrogen-bond donors (Lipinski definition) is 1. The Morgan fingerprint density at radius 3 is 2.67 bits per heavy atom. The summed E-state index contributed by atoms with van der Waals surface area (Å²) in [6.45, 7) is 4.76. The van der Waals surface area contributed by atoms with Gasteiger partial charge in [-0.05, 0) is 49.4 Å². The minimum atomic E-state index is -0.230. The molecular formula is C18H27NO2. The molecule has 2 rings (SSSR count). The molecular weight excluding hydrogens is 262 g/mol. The Morgan fingerprint density at radius 2 is 2.00 bits per heavy atom. The van der Waals surface area contributed by atoms with E-state index in [4.69, 9.17) is 4.74 Å². The molecule has 1 aliphatic carbocycles.